The first-order valence-electron chi connectivity index (χ1n) is 8.02. The van der Waals surface area contributed by atoms with Crippen molar-refractivity contribution >= 4 is 44.9 Å². The van der Waals surface area contributed by atoms with Crippen molar-refractivity contribution in [1.82, 2.24) is 14.5 Å². The molecule has 0 aliphatic carbocycles. The lowest BCUT2D eigenvalue weighted by Gasteiger charge is -2.27. The van der Waals surface area contributed by atoms with Gasteiger partial charge in [-0.05, 0) is 26.0 Å². The Balaban J connectivity index is 2.20. The molecule has 1 aromatic rings. The van der Waals surface area contributed by atoms with Crippen molar-refractivity contribution < 1.29 is 18.0 Å². The molecule has 0 saturated carbocycles. The summed E-state index contributed by atoms with van der Waals surface area (Å²) >= 11 is 2.57. The largest absolute Gasteiger partial charge is 0.351 e. The van der Waals surface area contributed by atoms with Gasteiger partial charge in [-0.1, -0.05) is 0 Å². The van der Waals surface area contributed by atoms with Crippen molar-refractivity contribution in [3.63, 3.8) is 0 Å². The minimum atomic E-state index is -3.73. The van der Waals surface area contributed by atoms with Crippen LogP contribution in [0.2, 0.25) is 0 Å². The quantitative estimate of drug-likeness (QED) is 0.739. The highest BCUT2D eigenvalue weighted by Crippen LogP contribution is 2.32. The van der Waals surface area contributed by atoms with Crippen LogP contribution in [0, 0.1) is 0 Å². The van der Waals surface area contributed by atoms with Gasteiger partial charge in [0.2, 0.25) is 11.8 Å². The van der Waals surface area contributed by atoms with Crippen molar-refractivity contribution in [2.75, 3.05) is 24.7 Å². The maximum atomic E-state index is 13.0. The monoisotopic (exact) mass is 405 g/mol. The highest BCUT2D eigenvalue weighted by molar-refractivity contribution is 8.01. The fraction of sp³-hybridized carbons (Fsp3) is 0.600. The normalized spacial score (nSPS) is 18.3. The Bertz CT molecular complexity index is 728. The molecule has 10 heteroatoms. The van der Waals surface area contributed by atoms with E-state index in [0.29, 0.717) is 25.4 Å². The second-order valence-electron chi connectivity index (χ2n) is 5.55. The molecule has 7 nitrogen and oxygen atoms in total. The Morgan fingerprint density at radius 2 is 2.00 bits per heavy atom. The van der Waals surface area contributed by atoms with E-state index in [1.54, 1.807) is 17.0 Å². The fourth-order valence-corrected chi connectivity index (χ4v) is 7.08. The van der Waals surface area contributed by atoms with Gasteiger partial charge in [-0.3, -0.25) is 9.59 Å². The van der Waals surface area contributed by atoms with Crippen LogP contribution in [0.4, 0.5) is 0 Å². The number of thioether (sulfide) groups is 1. The van der Waals surface area contributed by atoms with Crippen molar-refractivity contribution in [3.8, 4) is 0 Å². The van der Waals surface area contributed by atoms with E-state index in [-0.39, 0.29) is 21.9 Å². The van der Waals surface area contributed by atoms with E-state index in [0.717, 1.165) is 16.2 Å². The summed E-state index contributed by atoms with van der Waals surface area (Å²) in [5.41, 5.74) is 0. The van der Waals surface area contributed by atoms with Crippen LogP contribution in [0.25, 0.3) is 0 Å². The molecule has 1 N–H and O–H groups in total. The predicted molar refractivity (Wildman–Crippen MR) is 99.9 cm³/mol. The number of thiophene rings is 1. The van der Waals surface area contributed by atoms with E-state index >= 15 is 0 Å². The summed E-state index contributed by atoms with van der Waals surface area (Å²) in [6, 6.07) is 2.58. The lowest BCUT2D eigenvalue weighted by Crippen LogP contribution is -2.48. The van der Waals surface area contributed by atoms with Gasteiger partial charge < -0.3 is 10.2 Å². The van der Waals surface area contributed by atoms with Crippen molar-refractivity contribution in [2.45, 2.75) is 37.6 Å². The summed E-state index contributed by atoms with van der Waals surface area (Å²) < 4.78 is 27.4. The highest BCUT2D eigenvalue weighted by atomic mass is 32.2. The zero-order chi connectivity index (χ0) is 18.6. The van der Waals surface area contributed by atoms with Crippen LogP contribution in [0.3, 0.4) is 0 Å². The first-order chi connectivity index (χ1) is 11.8. The summed E-state index contributed by atoms with van der Waals surface area (Å²) in [6.07, 6.45) is 0. The van der Waals surface area contributed by atoms with Gasteiger partial charge in [-0.15, -0.1) is 23.1 Å². The molecule has 1 atom stereocenters. The van der Waals surface area contributed by atoms with Crippen molar-refractivity contribution in [1.29, 1.82) is 0 Å². The van der Waals surface area contributed by atoms with Gasteiger partial charge in [-0.2, -0.15) is 4.31 Å². The van der Waals surface area contributed by atoms with Gasteiger partial charge in [-0.25, -0.2) is 8.42 Å². The van der Waals surface area contributed by atoms with Gasteiger partial charge in [0.05, 0.1) is 12.4 Å². The van der Waals surface area contributed by atoms with Crippen molar-refractivity contribution in [3.05, 3.63) is 17.0 Å². The summed E-state index contributed by atoms with van der Waals surface area (Å²) in [4.78, 5) is 26.1. The number of rotatable bonds is 7. The molecule has 0 aromatic carbocycles. The Morgan fingerprint density at radius 1 is 1.32 bits per heavy atom. The van der Waals surface area contributed by atoms with Gasteiger partial charge in [0.1, 0.15) is 10.3 Å². The Labute approximate surface area is 156 Å². The van der Waals surface area contributed by atoms with E-state index < -0.39 is 16.1 Å². The van der Waals surface area contributed by atoms with Gasteiger partial charge in [0, 0.05) is 30.6 Å². The van der Waals surface area contributed by atoms with E-state index in [1.807, 2.05) is 13.8 Å². The fourth-order valence-electron chi connectivity index (χ4n) is 2.52. The highest BCUT2D eigenvalue weighted by Gasteiger charge is 2.41. The zero-order valence-electron chi connectivity index (χ0n) is 14.5. The van der Waals surface area contributed by atoms with Crippen LogP contribution in [0.15, 0.2) is 16.3 Å². The summed E-state index contributed by atoms with van der Waals surface area (Å²) in [7, 11) is -3.73. The first kappa shape index (κ1) is 20.2. The lowest BCUT2D eigenvalue weighted by atomic mass is 10.3. The average molecular weight is 406 g/mol. The molecule has 1 saturated heterocycles. The Kier molecular flexibility index (Phi) is 6.89. The van der Waals surface area contributed by atoms with Crippen LogP contribution in [-0.4, -0.2) is 60.2 Å². The van der Waals surface area contributed by atoms with Gasteiger partial charge in [0.15, 0.2) is 0 Å². The zero-order valence-corrected chi connectivity index (χ0v) is 17.0. The number of hydrogen-bond donors (Lipinski definition) is 1. The maximum absolute atomic E-state index is 13.0. The molecule has 140 valence electrons. The molecule has 0 spiro atoms. The number of likely N-dealkylation sites (N-methyl/N-ethyl adjacent to an activating group) is 1. The lowest BCUT2D eigenvalue weighted by molar-refractivity contribution is -0.133. The summed E-state index contributed by atoms with van der Waals surface area (Å²) in [6.45, 7) is 6.60. The van der Waals surface area contributed by atoms with Gasteiger partial charge in [0.25, 0.3) is 10.0 Å². The topological polar surface area (TPSA) is 86.8 Å². The van der Waals surface area contributed by atoms with Crippen LogP contribution in [0.5, 0.6) is 0 Å². The smallest absolute Gasteiger partial charge is 0.254 e. The number of carbonyl (C=O) groups is 2. The molecule has 2 amide bonds. The Morgan fingerprint density at radius 3 is 2.60 bits per heavy atom. The Hall–Kier alpha value is -1.10. The molecule has 2 rings (SSSR count). The molecule has 1 aliphatic rings. The number of hydrogen-bond acceptors (Lipinski definition) is 6. The molecule has 1 fully saturated rings. The third-order valence-corrected chi connectivity index (χ3v) is 8.50. The number of nitrogens with one attached hydrogen (secondary N) is 1. The maximum Gasteiger partial charge on any atom is 0.254 e. The minimum absolute atomic E-state index is 0.145. The van der Waals surface area contributed by atoms with E-state index in [4.69, 9.17) is 0 Å². The van der Waals surface area contributed by atoms with Crippen LogP contribution in [0.1, 0.15) is 25.6 Å². The molecule has 1 aromatic heterocycles. The first-order valence-corrected chi connectivity index (χ1v) is 11.4. The predicted octanol–water partition coefficient (Wildman–Crippen LogP) is 1.32. The molecular weight excluding hydrogens is 382 g/mol. The van der Waals surface area contributed by atoms with E-state index in [9.17, 15) is 18.0 Å². The number of amides is 2. The summed E-state index contributed by atoms with van der Waals surface area (Å²) in [5, 5.41) is 2.65. The number of carbonyl (C=O) groups excluding carboxylic acids is 2. The molecule has 2 heterocycles. The molecule has 25 heavy (non-hydrogen) atoms. The van der Waals surface area contributed by atoms with Gasteiger partial charge >= 0.3 is 0 Å². The molecular formula is C15H23N3O4S3. The van der Waals surface area contributed by atoms with Crippen LogP contribution in [-0.2, 0) is 26.2 Å². The van der Waals surface area contributed by atoms with Crippen LogP contribution >= 0.6 is 23.1 Å². The summed E-state index contributed by atoms with van der Waals surface area (Å²) in [5.74, 6) is 0.435. The van der Waals surface area contributed by atoms with E-state index in [2.05, 4.69) is 5.32 Å². The van der Waals surface area contributed by atoms with Crippen molar-refractivity contribution in [2.24, 2.45) is 0 Å². The second-order valence-corrected chi connectivity index (χ2v) is 9.83. The molecule has 0 unspecified atom stereocenters. The SMILES string of the molecule is CCN(CC)C(=O)[C@H]1CSCN1S(=O)(=O)c1ccc(CNC(C)=O)s1. The molecule has 0 bridgehead atoms. The third kappa shape index (κ3) is 4.55. The van der Waals surface area contributed by atoms with E-state index in [1.165, 1.54) is 23.0 Å². The minimum Gasteiger partial charge on any atom is -0.351 e. The number of nitrogens with zero attached hydrogens (tertiary/aromatic N) is 2. The average Bonchev–Trinajstić information content (AvgIpc) is 3.23. The third-order valence-electron chi connectivity index (χ3n) is 3.91. The second kappa shape index (κ2) is 8.52. The number of sulfonamides is 1. The molecule has 1 aliphatic heterocycles. The standard InChI is InChI=1S/C15H23N3O4S3/c1-4-17(5-2)15(20)13-9-23-10-18(13)25(21,22)14-7-6-12(24-14)8-16-11(3)19/h6-7,13H,4-5,8-10H2,1-3H3,(H,16,19)/t13-/m1/s1. The molecule has 0 radical (unpaired) electrons. The van der Waals surface area contributed by atoms with Crippen LogP contribution < -0.4 is 5.32 Å².